The smallest absolute Gasteiger partial charge is 0.171 e. The van der Waals surface area contributed by atoms with Crippen LogP contribution in [0.2, 0.25) is 0 Å². The molecule has 0 radical (unpaired) electrons. The van der Waals surface area contributed by atoms with Gasteiger partial charge in [-0.25, -0.2) is 0 Å². The molecular formula is C17H22N2S. The average Bonchev–Trinajstić information content (AvgIpc) is 3.01. The maximum Gasteiger partial charge on any atom is 0.171 e. The van der Waals surface area contributed by atoms with Crippen LogP contribution in [-0.4, -0.2) is 11.2 Å². The van der Waals surface area contributed by atoms with Crippen LogP contribution in [-0.2, 0) is 0 Å². The molecule has 1 aromatic rings. The van der Waals surface area contributed by atoms with Gasteiger partial charge in [0, 0.05) is 11.7 Å². The van der Waals surface area contributed by atoms with Crippen molar-refractivity contribution in [2.24, 2.45) is 11.8 Å². The van der Waals surface area contributed by atoms with E-state index in [1.807, 2.05) is 0 Å². The van der Waals surface area contributed by atoms with Crippen LogP contribution in [0.15, 0.2) is 36.4 Å². The fraction of sp³-hybridized carbons (Fsp3) is 0.471. The molecule has 20 heavy (non-hydrogen) atoms. The average molecular weight is 286 g/mol. The standard InChI is InChI=1S/C17H22N2S/c1-11(2)13-5-7-15(8-6-13)18-17(20)19-16-10-12-3-4-14(16)9-12/h3-8,11-12,14,16H,9-10H2,1-2H3,(H2,18,19,20)/t12-,14+,16+/m0/s1. The van der Waals surface area contributed by atoms with Crippen molar-refractivity contribution in [3.05, 3.63) is 42.0 Å². The molecule has 1 fully saturated rings. The minimum atomic E-state index is 0.514. The lowest BCUT2D eigenvalue weighted by Crippen LogP contribution is -2.40. The Morgan fingerprint density at radius 1 is 1.15 bits per heavy atom. The molecule has 0 saturated heterocycles. The third-order valence-electron chi connectivity index (χ3n) is 4.43. The van der Waals surface area contributed by atoms with Crippen LogP contribution in [0.25, 0.3) is 0 Å². The van der Waals surface area contributed by atoms with Gasteiger partial charge in [-0.05, 0) is 60.5 Å². The van der Waals surface area contributed by atoms with E-state index in [9.17, 15) is 0 Å². The Bertz CT molecular complexity index is 518. The molecule has 2 aliphatic rings. The van der Waals surface area contributed by atoms with E-state index in [2.05, 4.69) is 60.9 Å². The molecule has 0 heterocycles. The molecule has 0 amide bonds. The largest absolute Gasteiger partial charge is 0.359 e. The van der Waals surface area contributed by atoms with E-state index >= 15 is 0 Å². The van der Waals surface area contributed by atoms with Crippen molar-refractivity contribution in [1.29, 1.82) is 0 Å². The lowest BCUT2D eigenvalue weighted by atomic mass is 10.0. The molecule has 0 spiro atoms. The van der Waals surface area contributed by atoms with Crippen molar-refractivity contribution in [1.82, 2.24) is 5.32 Å². The Morgan fingerprint density at radius 3 is 2.45 bits per heavy atom. The lowest BCUT2D eigenvalue weighted by Gasteiger charge is -2.22. The van der Waals surface area contributed by atoms with Crippen molar-refractivity contribution in [3.8, 4) is 0 Å². The van der Waals surface area contributed by atoms with Crippen molar-refractivity contribution < 1.29 is 0 Å². The monoisotopic (exact) mass is 286 g/mol. The summed E-state index contributed by atoms with van der Waals surface area (Å²) in [6.07, 6.45) is 7.20. The normalized spacial score (nSPS) is 27.1. The number of allylic oxidation sites excluding steroid dienone is 1. The van der Waals surface area contributed by atoms with Crippen LogP contribution in [0.4, 0.5) is 5.69 Å². The summed E-state index contributed by atoms with van der Waals surface area (Å²) in [6, 6.07) is 9.04. The number of hydrogen-bond acceptors (Lipinski definition) is 1. The lowest BCUT2D eigenvalue weighted by molar-refractivity contribution is 0.526. The van der Waals surface area contributed by atoms with E-state index in [0.29, 0.717) is 17.9 Å². The van der Waals surface area contributed by atoms with Crippen LogP contribution in [0, 0.1) is 11.8 Å². The van der Waals surface area contributed by atoms with E-state index < -0.39 is 0 Å². The zero-order valence-corrected chi connectivity index (χ0v) is 12.9. The van der Waals surface area contributed by atoms with Crippen molar-refractivity contribution in [2.75, 3.05) is 5.32 Å². The highest BCUT2D eigenvalue weighted by molar-refractivity contribution is 7.80. The Labute approximate surface area is 126 Å². The summed E-state index contributed by atoms with van der Waals surface area (Å²) >= 11 is 5.43. The van der Waals surface area contributed by atoms with Crippen LogP contribution in [0.1, 0.15) is 38.2 Å². The first-order valence-electron chi connectivity index (χ1n) is 7.47. The molecule has 1 saturated carbocycles. The number of nitrogens with one attached hydrogen (secondary N) is 2. The second kappa shape index (κ2) is 5.57. The van der Waals surface area contributed by atoms with Gasteiger partial charge in [0.2, 0.25) is 0 Å². The fourth-order valence-corrected chi connectivity index (χ4v) is 3.50. The third-order valence-corrected chi connectivity index (χ3v) is 4.65. The molecule has 1 aromatic carbocycles. The molecule has 3 rings (SSSR count). The van der Waals surface area contributed by atoms with Gasteiger partial charge < -0.3 is 10.6 Å². The van der Waals surface area contributed by atoms with E-state index in [1.165, 1.54) is 18.4 Å². The van der Waals surface area contributed by atoms with Gasteiger partial charge in [-0.3, -0.25) is 0 Å². The van der Waals surface area contributed by atoms with Crippen LogP contribution >= 0.6 is 12.2 Å². The summed E-state index contributed by atoms with van der Waals surface area (Å²) in [5, 5.41) is 7.50. The maximum absolute atomic E-state index is 5.43. The molecule has 2 bridgehead atoms. The molecule has 3 atom stereocenters. The van der Waals surface area contributed by atoms with Gasteiger partial charge in [-0.1, -0.05) is 38.1 Å². The van der Waals surface area contributed by atoms with Gasteiger partial charge >= 0.3 is 0 Å². The number of rotatable bonds is 3. The number of benzene rings is 1. The van der Waals surface area contributed by atoms with Crippen molar-refractivity contribution >= 4 is 23.0 Å². The zero-order valence-electron chi connectivity index (χ0n) is 12.1. The summed E-state index contributed by atoms with van der Waals surface area (Å²) in [6.45, 7) is 4.41. The van der Waals surface area contributed by atoms with E-state index in [1.54, 1.807) is 0 Å². The summed E-state index contributed by atoms with van der Waals surface area (Å²) in [5.41, 5.74) is 2.42. The van der Waals surface area contributed by atoms with Gasteiger partial charge in [-0.2, -0.15) is 0 Å². The van der Waals surface area contributed by atoms with E-state index in [4.69, 9.17) is 12.2 Å². The summed E-state index contributed by atoms with van der Waals surface area (Å²) in [5.74, 6) is 2.00. The predicted molar refractivity (Wildman–Crippen MR) is 89.0 cm³/mol. The first-order valence-corrected chi connectivity index (χ1v) is 7.88. The summed E-state index contributed by atoms with van der Waals surface area (Å²) < 4.78 is 0. The highest BCUT2D eigenvalue weighted by Crippen LogP contribution is 2.38. The first kappa shape index (κ1) is 13.6. The summed E-state index contributed by atoms with van der Waals surface area (Å²) in [7, 11) is 0. The highest BCUT2D eigenvalue weighted by atomic mass is 32.1. The molecule has 2 aliphatic carbocycles. The predicted octanol–water partition coefficient (Wildman–Crippen LogP) is 4.06. The van der Waals surface area contributed by atoms with Gasteiger partial charge in [0.05, 0.1) is 0 Å². The Hall–Kier alpha value is -1.35. The second-order valence-corrected chi connectivity index (χ2v) is 6.67. The maximum atomic E-state index is 5.43. The molecule has 0 aliphatic heterocycles. The second-order valence-electron chi connectivity index (χ2n) is 6.26. The third kappa shape index (κ3) is 2.88. The number of thiocarbonyl (C=S) groups is 1. The number of hydrogen-bond donors (Lipinski definition) is 2. The van der Waals surface area contributed by atoms with Crippen LogP contribution in [0.3, 0.4) is 0 Å². The molecular weight excluding hydrogens is 264 g/mol. The zero-order chi connectivity index (χ0) is 14.1. The van der Waals surface area contributed by atoms with Crippen molar-refractivity contribution in [2.45, 2.75) is 38.6 Å². The Morgan fingerprint density at radius 2 is 1.90 bits per heavy atom. The first-order chi connectivity index (χ1) is 9.61. The minimum Gasteiger partial charge on any atom is -0.359 e. The highest BCUT2D eigenvalue weighted by Gasteiger charge is 2.35. The van der Waals surface area contributed by atoms with Gasteiger partial charge in [0.1, 0.15) is 0 Å². The SMILES string of the molecule is CC(C)c1ccc(NC(=S)N[C@@H]2C[C@H]3C=C[C@@H]2C3)cc1. The van der Waals surface area contributed by atoms with E-state index in [-0.39, 0.29) is 0 Å². The van der Waals surface area contributed by atoms with Gasteiger partial charge in [0.25, 0.3) is 0 Å². The molecule has 106 valence electrons. The Kier molecular flexibility index (Phi) is 3.79. The quantitative estimate of drug-likeness (QED) is 0.647. The summed E-state index contributed by atoms with van der Waals surface area (Å²) in [4.78, 5) is 0. The van der Waals surface area contributed by atoms with Crippen LogP contribution in [0.5, 0.6) is 0 Å². The van der Waals surface area contributed by atoms with Crippen LogP contribution < -0.4 is 10.6 Å². The Balaban J connectivity index is 1.55. The minimum absolute atomic E-state index is 0.514. The topological polar surface area (TPSA) is 24.1 Å². The fourth-order valence-electron chi connectivity index (χ4n) is 3.23. The van der Waals surface area contributed by atoms with Gasteiger partial charge in [0.15, 0.2) is 5.11 Å². The molecule has 0 aromatic heterocycles. The molecule has 0 unspecified atom stereocenters. The molecule has 2 N–H and O–H groups in total. The van der Waals surface area contributed by atoms with E-state index in [0.717, 1.165) is 16.7 Å². The number of fused-ring (bicyclic) bond motifs is 2. The molecule has 3 heteroatoms. The number of anilines is 1. The van der Waals surface area contributed by atoms with Gasteiger partial charge in [-0.15, -0.1) is 0 Å². The molecule has 2 nitrogen and oxygen atoms in total. The van der Waals surface area contributed by atoms with Crippen molar-refractivity contribution in [3.63, 3.8) is 0 Å².